The average molecular weight is 311 g/mol. The Hall–Kier alpha value is -2.07. The Morgan fingerprint density at radius 1 is 1.13 bits per heavy atom. The van der Waals surface area contributed by atoms with E-state index in [9.17, 15) is 0 Å². The molecular formula is C19H25N3O. The number of aromatic nitrogens is 2. The van der Waals surface area contributed by atoms with E-state index in [0.29, 0.717) is 0 Å². The zero-order valence-electron chi connectivity index (χ0n) is 13.8. The van der Waals surface area contributed by atoms with Crippen LogP contribution in [0, 0.1) is 0 Å². The molecule has 0 amide bonds. The smallest absolute Gasteiger partial charge is 0.118 e. The van der Waals surface area contributed by atoms with Crippen LogP contribution < -0.4 is 4.74 Å². The molecule has 1 aromatic heterocycles. The maximum atomic E-state index is 5.22. The predicted octanol–water partition coefficient (Wildman–Crippen LogP) is 3.46. The largest absolute Gasteiger partial charge is 0.497 e. The Morgan fingerprint density at radius 3 is 2.61 bits per heavy atom. The van der Waals surface area contributed by atoms with E-state index in [1.807, 2.05) is 35.3 Å². The van der Waals surface area contributed by atoms with Crippen molar-refractivity contribution >= 4 is 5.57 Å². The van der Waals surface area contributed by atoms with Crippen LogP contribution in [0.25, 0.3) is 5.57 Å². The van der Waals surface area contributed by atoms with Gasteiger partial charge in [-0.15, -0.1) is 0 Å². The third-order valence-corrected chi connectivity index (χ3v) is 4.42. The summed E-state index contributed by atoms with van der Waals surface area (Å²) >= 11 is 0. The van der Waals surface area contributed by atoms with Crippen molar-refractivity contribution in [3.8, 4) is 5.75 Å². The highest BCUT2D eigenvalue weighted by Crippen LogP contribution is 2.24. The summed E-state index contributed by atoms with van der Waals surface area (Å²) in [5.41, 5.74) is 2.78. The summed E-state index contributed by atoms with van der Waals surface area (Å²) in [6, 6.07) is 10.4. The molecule has 0 spiro atoms. The van der Waals surface area contributed by atoms with E-state index in [2.05, 4.69) is 28.2 Å². The van der Waals surface area contributed by atoms with Crippen LogP contribution in [0.4, 0.5) is 0 Å². The van der Waals surface area contributed by atoms with Gasteiger partial charge in [-0.3, -0.25) is 9.58 Å². The van der Waals surface area contributed by atoms with Crippen LogP contribution >= 0.6 is 0 Å². The molecule has 1 aromatic carbocycles. The third-order valence-electron chi connectivity index (χ3n) is 4.42. The second-order valence-electron chi connectivity index (χ2n) is 5.98. The summed E-state index contributed by atoms with van der Waals surface area (Å²) in [6.45, 7) is 4.41. The number of nitrogens with zero attached hydrogens (tertiary/aromatic N) is 3. The van der Waals surface area contributed by atoms with Gasteiger partial charge in [-0.25, -0.2) is 0 Å². The van der Waals surface area contributed by atoms with Crippen LogP contribution in [-0.4, -0.2) is 41.4 Å². The Balaban J connectivity index is 1.42. The van der Waals surface area contributed by atoms with Gasteiger partial charge in [-0.2, -0.15) is 5.10 Å². The first-order chi connectivity index (χ1) is 11.3. The van der Waals surface area contributed by atoms with Gasteiger partial charge >= 0.3 is 0 Å². The number of unbranched alkanes of at least 4 members (excludes halogenated alkanes) is 1. The molecule has 4 nitrogen and oxygen atoms in total. The van der Waals surface area contributed by atoms with Gasteiger partial charge in [-0.05, 0) is 55.1 Å². The molecule has 0 bridgehead atoms. The predicted molar refractivity (Wildman–Crippen MR) is 93.5 cm³/mol. The normalized spacial score (nSPS) is 15.4. The molecule has 1 aliphatic heterocycles. The van der Waals surface area contributed by atoms with Crippen molar-refractivity contribution in [1.82, 2.24) is 14.7 Å². The molecule has 0 radical (unpaired) electrons. The van der Waals surface area contributed by atoms with Crippen molar-refractivity contribution in [2.24, 2.45) is 0 Å². The molecule has 4 heteroatoms. The van der Waals surface area contributed by atoms with Crippen LogP contribution in [-0.2, 0) is 6.54 Å². The van der Waals surface area contributed by atoms with Crippen molar-refractivity contribution in [3.05, 3.63) is 54.4 Å². The highest BCUT2D eigenvalue weighted by Gasteiger charge is 2.12. The molecule has 3 rings (SSSR count). The number of hydrogen-bond donors (Lipinski definition) is 0. The minimum Gasteiger partial charge on any atom is -0.497 e. The van der Waals surface area contributed by atoms with Gasteiger partial charge in [0.25, 0.3) is 0 Å². The van der Waals surface area contributed by atoms with Gasteiger partial charge < -0.3 is 4.74 Å². The fourth-order valence-corrected chi connectivity index (χ4v) is 3.02. The van der Waals surface area contributed by atoms with E-state index in [1.54, 1.807) is 7.11 Å². The first-order valence-electron chi connectivity index (χ1n) is 8.38. The third kappa shape index (κ3) is 4.45. The molecular weight excluding hydrogens is 286 g/mol. The summed E-state index contributed by atoms with van der Waals surface area (Å²) in [4.78, 5) is 2.54. The number of aryl methyl sites for hydroxylation is 1. The second kappa shape index (κ2) is 7.97. The monoisotopic (exact) mass is 311 g/mol. The minimum absolute atomic E-state index is 0.920. The molecule has 0 N–H and O–H groups in total. The number of methoxy groups -OCH3 is 1. The van der Waals surface area contributed by atoms with Crippen LogP contribution in [0.5, 0.6) is 5.75 Å². The maximum absolute atomic E-state index is 5.22. The molecule has 2 aromatic rings. The Labute approximate surface area is 138 Å². The molecule has 0 fully saturated rings. The summed E-state index contributed by atoms with van der Waals surface area (Å²) < 4.78 is 7.23. The average Bonchev–Trinajstić information content (AvgIpc) is 3.13. The first kappa shape index (κ1) is 15.8. The molecule has 23 heavy (non-hydrogen) atoms. The van der Waals surface area contributed by atoms with E-state index >= 15 is 0 Å². The lowest BCUT2D eigenvalue weighted by atomic mass is 9.99. The summed E-state index contributed by atoms with van der Waals surface area (Å²) in [5.74, 6) is 0.920. The Kier molecular flexibility index (Phi) is 5.48. The first-order valence-corrected chi connectivity index (χ1v) is 8.38. The van der Waals surface area contributed by atoms with Crippen molar-refractivity contribution in [3.63, 3.8) is 0 Å². The summed E-state index contributed by atoms with van der Waals surface area (Å²) in [5, 5.41) is 4.24. The van der Waals surface area contributed by atoms with Gasteiger partial charge in [0.05, 0.1) is 7.11 Å². The van der Waals surface area contributed by atoms with Crippen LogP contribution in [0.15, 0.2) is 48.8 Å². The highest BCUT2D eigenvalue weighted by atomic mass is 16.5. The van der Waals surface area contributed by atoms with E-state index in [0.717, 1.165) is 31.8 Å². The van der Waals surface area contributed by atoms with Crippen molar-refractivity contribution in [1.29, 1.82) is 0 Å². The molecule has 0 aliphatic carbocycles. The van der Waals surface area contributed by atoms with E-state index in [4.69, 9.17) is 4.74 Å². The Bertz CT molecular complexity index is 617. The molecule has 0 saturated heterocycles. The van der Waals surface area contributed by atoms with Crippen molar-refractivity contribution < 1.29 is 4.74 Å². The lowest BCUT2D eigenvalue weighted by Crippen LogP contribution is -2.29. The summed E-state index contributed by atoms with van der Waals surface area (Å²) in [7, 11) is 1.71. The van der Waals surface area contributed by atoms with Gasteiger partial charge in [-0.1, -0.05) is 18.2 Å². The summed E-state index contributed by atoms with van der Waals surface area (Å²) in [6.07, 6.45) is 9.80. The fourth-order valence-electron chi connectivity index (χ4n) is 3.02. The topological polar surface area (TPSA) is 30.3 Å². The van der Waals surface area contributed by atoms with Crippen LogP contribution in [0.2, 0.25) is 0 Å². The minimum atomic E-state index is 0.920. The molecule has 122 valence electrons. The Morgan fingerprint density at radius 2 is 1.96 bits per heavy atom. The lowest BCUT2D eigenvalue weighted by molar-refractivity contribution is 0.291. The number of rotatable bonds is 7. The maximum Gasteiger partial charge on any atom is 0.118 e. The molecule has 0 atom stereocenters. The zero-order chi connectivity index (χ0) is 15.9. The number of ether oxygens (including phenoxy) is 1. The van der Waals surface area contributed by atoms with E-state index in [1.165, 1.54) is 30.5 Å². The zero-order valence-corrected chi connectivity index (χ0v) is 13.8. The molecule has 1 aliphatic rings. The standard InChI is InChI=1S/C19H25N3O/c1-23-19-7-5-17(6-8-19)18-9-15-21(16-10-18)12-2-3-13-22-14-4-11-20-22/h4-9,11,14H,2-3,10,12-13,15-16H2,1H3. The fraction of sp³-hybridized carbons (Fsp3) is 0.421. The van der Waals surface area contributed by atoms with Crippen molar-refractivity contribution in [2.45, 2.75) is 25.8 Å². The van der Waals surface area contributed by atoms with E-state index < -0.39 is 0 Å². The molecule has 0 unspecified atom stereocenters. The second-order valence-corrected chi connectivity index (χ2v) is 5.98. The van der Waals surface area contributed by atoms with Gasteiger partial charge in [0.2, 0.25) is 0 Å². The quantitative estimate of drug-likeness (QED) is 0.734. The van der Waals surface area contributed by atoms with Gasteiger partial charge in [0.15, 0.2) is 0 Å². The lowest BCUT2D eigenvalue weighted by Gasteiger charge is -2.26. The number of hydrogen-bond acceptors (Lipinski definition) is 3. The van der Waals surface area contributed by atoms with Crippen LogP contribution in [0.1, 0.15) is 24.8 Å². The SMILES string of the molecule is COc1ccc(C2=CCN(CCCCn3cccn3)CC2)cc1. The van der Waals surface area contributed by atoms with Crippen LogP contribution in [0.3, 0.4) is 0 Å². The number of benzene rings is 1. The molecule has 0 saturated carbocycles. The van der Waals surface area contributed by atoms with E-state index in [-0.39, 0.29) is 0 Å². The van der Waals surface area contributed by atoms with Gasteiger partial charge in [0.1, 0.15) is 5.75 Å². The van der Waals surface area contributed by atoms with Gasteiger partial charge in [0, 0.05) is 32.0 Å². The molecule has 2 heterocycles. The highest BCUT2D eigenvalue weighted by molar-refractivity contribution is 5.67. The van der Waals surface area contributed by atoms with Crippen molar-refractivity contribution in [2.75, 3.05) is 26.7 Å².